The van der Waals surface area contributed by atoms with Crippen LogP contribution in [0.1, 0.15) is 6.92 Å². The molecule has 0 atom stereocenters. The van der Waals surface area contributed by atoms with E-state index in [-0.39, 0.29) is 21.6 Å². The second-order valence-corrected chi connectivity index (χ2v) is 8.30. The first kappa shape index (κ1) is 18.4. The third kappa shape index (κ3) is 3.68. The molecule has 0 aliphatic carbocycles. The van der Waals surface area contributed by atoms with Crippen molar-refractivity contribution in [2.24, 2.45) is 0 Å². The van der Waals surface area contributed by atoms with E-state index in [1.165, 1.54) is 4.46 Å². The van der Waals surface area contributed by atoms with Gasteiger partial charge in [0.15, 0.2) is 0 Å². The number of hydrogen-bond acceptors (Lipinski definition) is 3. The Morgan fingerprint density at radius 2 is 1.61 bits per heavy atom. The van der Waals surface area contributed by atoms with Gasteiger partial charge in [0, 0.05) is 0 Å². The third-order valence-electron chi connectivity index (χ3n) is 4.21. The molecule has 0 amide bonds. The Balaban J connectivity index is 1.94. The van der Waals surface area contributed by atoms with Crippen molar-refractivity contribution >= 4 is 35.6 Å². The molecule has 0 saturated carbocycles. The Kier molecular flexibility index (Phi) is 5.47. The molecule has 4 aromatic rings. The molecule has 0 bridgehead atoms. The van der Waals surface area contributed by atoms with E-state index < -0.39 is 6.16 Å². The first-order valence-electron chi connectivity index (χ1n) is 9.04. The fourth-order valence-electron chi connectivity index (χ4n) is 3.05. The number of pyridine rings is 1. The van der Waals surface area contributed by atoms with Crippen molar-refractivity contribution in [1.29, 1.82) is 0 Å². The van der Waals surface area contributed by atoms with Gasteiger partial charge in [-0.3, -0.25) is 0 Å². The zero-order chi connectivity index (χ0) is 19.3. The predicted octanol–water partition coefficient (Wildman–Crippen LogP) is 3.80. The number of aromatic nitrogens is 1. The van der Waals surface area contributed by atoms with Gasteiger partial charge in [-0.1, -0.05) is 0 Å². The molecule has 0 aliphatic rings. The Labute approximate surface area is 169 Å². The van der Waals surface area contributed by atoms with Gasteiger partial charge in [-0.25, -0.2) is 0 Å². The van der Waals surface area contributed by atoms with Crippen LogP contribution >= 0.6 is 0 Å². The molecule has 0 unspecified atom stereocenters. The molecule has 0 saturated heterocycles. The van der Waals surface area contributed by atoms with E-state index in [2.05, 4.69) is 28.7 Å². The van der Waals surface area contributed by atoms with Crippen molar-refractivity contribution in [2.75, 3.05) is 6.61 Å². The molecule has 0 fully saturated rings. The van der Waals surface area contributed by atoms with Gasteiger partial charge in [-0.2, -0.15) is 0 Å². The predicted molar refractivity (Wildman–Crippen MR) is 112 cm³/mol. The van der Waals surface area contributed by atoms with E-state index in [4.69, 9.17) is 9.47 Å². The van der Waals surface area contributed by atoms with Crippen molar-refractivity contribution in [3.8, 4) is 17.0 Å². The summed E-state index contributed by atoms with van der Waals surface area (Å²) in [7, 11) is 0. The molecular formula is C23H19NO3Se. The van der Waals surface area contributed by atoms with Crippen LogP contribution in [0.3, 0.4) is 0 Å². The Hall–Kier alpha value is -3.01. The standard InChI is InChI=1S/C23H19NO3Se/c1-2-26-23(25)27-21-19-15-9-10-16-24(19)20(17-11-5-3-6-12-17)22(21)28-18-13-7-4-8-14-18/h3-16H,2H2,1H3. The summed E-state index contributed by atoms with van der Waals surface area (Å²) in [5.41, 5.74) is 2.97. The number of carbonyl (C=O) groups is 1. The second-order valence-electron chi connectivity index (χ2n) is 6.03. The van der Waals surface area contributed by atoms with Gasteiger partial charge < -0.3 is 0 Å². The van der Waals surface area contributed by atoms with Crippen molar-refractivity contribution in [3.63, 3.8) is 0 Å². The van der Waals surface area contributed by atoms with E-state index in [0.29, 0.717) is 5.75 Å². The molecule has 28 heavy (non-hydrogen) atoms. The average Bonchev–Trinajstić information content (AvgIpc) is 3.03. The van der Waals surface area contributed by atoms with E-state index in [1.807, 2.05) is 60.8 Å². The van der Waals surface area contributed by atoms with Crippen LogP contribution in [0.15, 0.2) is 85.1 Å². The summed E-state index contributed by atoms with van der Waals surface area (Å²) in [6, 6.07) is 26.3. The van der Waals surface area contributed by atoms with E-state index in [9.17, 15) is 4.79 Å². The van der Waals surface area contributed by atoms with Gasteiger partial charge in [-0.05, 0) is 0 Å². The number of carbonyl (C=O) groups excluding carboxylic acids is 1. The molecule has 140 valence electrons. The zero-order valence-corrected chi connectivity index (χ0v) is 17.1. The van der Waals surface area contributed by atoms with Gasteiger partial charge in [0.2, 0.25) is 0 Å². The minimum absolute atomic E-state index is 0.0553. The Morgan fingerprint density at radius 1 is 0.929 bits per heavy atom. The normalized spacial score (nSPS) is 10.8. The first-order valence-corrected chi connectivity index (χ1v) is 10.7. The van der Waals surface area contributed by atoms with Crippen molar-refractivity contribution in [1.82, 2.24) is 4.40 Å². The van der Waals surface area contributed by atoms with Crippen LogP contribution in [0.4, 0.5) is 4.79 Å². The fraction of sp³-hybridized carbons (Fsp3) is 0.0870. The van der Waals surface area contributed by atoms with Gasteiger partial charge in [-0.15, -0.1) is 0 Å². The third-order valence-corrected chi connectivity index (χ3v) is 6.50. The Bertz CT molecular complexity index is 1090. The summed E-state index contributed by atoms with van der Waals surface area (Å²) in [5, 5.41) is 0. The van der Waals surface area contributed by atoms with Gasteiger partial charge in [0.25, 0.3) is 0 Å². The monoisotopic (exact) mass is 437 g/mol. The molecule has 2 aromatic carbocycles. The number of fused-ring (bicyclic) bond motifs is 1. The van der Waals surface area contributed by atoms with Crippen LogP contribution < -0.4 is 13.7 Å². The zero-order valence-electron chi connectivity index (χ0n) is 15.4. The molecule has 2 heterocycles. The van der Waals surface area contributed by atoms with Gasteiger partial charge in [0.05, 0.1) is 0 Å². The van der Waals surface area contributed by atoms with Gasteiger partial charge in [0.1, 0.15) is 0 Å². The molecule has 4 nitrogen and oxygen atoms in total. The van der Waals surface area contributed by atoms with E-state index in [0.717, 1.165) is 21.2 Å². The molecule has 0 N–H and O–H groups in total. The van der Waals surface area contributed by atoms with Crippen LogP contribution in [-0.4, -0.2) is 32.1 Å². The summed E-state index contributed by atoms with van der Waals surface area (Å²) in [4.78, 5) is 12.2. The van der Waals surface area contributed by atoms with E-state index in [1.54, 1.807) is 6.92 Å². The molecule has 2 aromatic heterocycles. The number of rotatable bonds is 5. The van der Waals surface area contributed by atoms with Crippen LogP contribution in [0, 0.1) is 0 Å². The summed E-state index contributed by atoms with van der Waals surface area (Å²) in [6.45, 7) is 2.04. The molecule has 4 rings (SSSR count). The number of hydrogen-bond donors (Lipinski definition) is 0. The number of nitrogens with zero attached hydrogens (tertiary/aromatic N) is 1. The summed E-state index contributed by atoms with van der Waals surface area (Å²) in [5.74, 6) is 0.571. The number of ether oxygens (including phenoxy) is 2. The van der Waals surface area contributed by atoms with Crippen LogP contribution in [0.5, 0.6) is 5.75 Å². The minimum atomic E-state index is -0.677. The molecule has 5 heteroatoms. The SMILES string of the molecule is CCOC(=O)Oc1c([Se]c2ccccc2)c(-c2ccccc2)n2ccccc12. The number of benzene rings is 2. The molecule has 0 spiro atoms. The quantitative estimate of drug-likeness (QED) is 0.353. The Morgan fingerprint density at radius 3 is 2.32 bits per heavy atom. The average molecular weight is 436 g/mol. The molecule has 0 aliphatic heterocycles. The first-order chi connectivity index (χ1) is 13.8. The summed E-state index contributed by atoms with van der Waals surface area (Å²) < 4.78 is 15.1. The van der Waals surface area contributed by atoms with Crippen LogP contribution in [-0.2, 0) is 4.74 Å². The van der Waals surface area contributed by atoms with E-state index >= 15 is 0 Å². The van der Waals surface area contributed by atoms with Crippen molar-refractivity contribution in [2.45, 2.75) is 6.92 Å². The fourth-order valence-corrected chi connectivity index (χ4v) is 5.32. The maximum atomic E-state index is 12.2. The van der Waals surface area contributed by atoms with Crippen molar-refractivity contribution in [3.05, 3.63) is 85.1 Å². The maximum absolute atomic E-state index is 12.2. The topological polar surface area (TPSA) is 39.9 Å². The van der Waals surface area contributed by atoms with Crippen LogP contribution in [0.25, 0.3) is 16.8 Å². The summed E-state index contributed by atoms with van der Waals surface area (Å²) in [6.07, 6.45) is 1.32. The van der Waals surface area contributed by atoms with Crippen molar-refractivity contribution < 1.29 is 14.3 Å². The molecular weight excluding hydrogens is 417 g/mol. The molecule has 0 radical (unpaired) electrons. The second kappa shape index (κ2) is 8.34. The van der Waals surface area contributed by atoms with Gasteiger partial charge >= 0.3 is 170 Å². The van der Waals surface area contributed by atoms with Crippen LogP contribution in [0.2, 0.25) is 0 Å². The summed E-state index contributed by atoms with van der Waals surface area (Å²) >= 11 is -0.0553.